The molecule has 2 aromatic carbocycles. The van der Waals surface area contributed by atoms with Crippen LogP contribution in [0.25, 0.3) is 0 Å². The number of nitro groups is 1. The standard InChI is InChI=1S/C15H16N2O5S/c1-22-14-6-8-15(9-7-14)23(20,21)16-11-10-12-2-4-13(5-3-12)17(18)19/h2-9,16H,10-11H2,1H3. The lowest BCUT2D eigenvalue weighted by Gasteiger charge is -2.07. The molecular weight excluding hydrogens is 320 g/mol. The molecule has 2 aromatic rings. The van der Waals surface area contributed by atoms with Gasteiger partial charge in [0.25, 0.3) is 5.69 Å². The predicted octanol–water partition coefficient (Wildman–Crippen LogP) is 2.12. The van der Waals surface area contributed by atoms with Gasteiger partial charge in [0.15, 0.2) is 0 Å². The molecule has 0 amide bonds. The minimum atomic E-state index is -3.59. The van der Waals surface area contributed by atoms with Crippen LogP contribution in [-0.2, 0) is 16.4 Å². The Kier molecular flexibility index (Phi) is 5.30. The number of hydrogen-bond donors (Lipinski definition) is 1. The molecule has 1 N–H and O–H groups in total. The highest BCUT2D eigenvalue weighted by atomic mass is 32.2. The summed E-state index contributed by atoms with van der Waals surface area (Å²) in [6.07, 6.45) is 0.438. The van der Waals surface area contributed by atoms with E-state index in [1.54, 1.807) is 24.3 Å². The fourth-order valence-electron chi connectivity index (χ4n) is 1.95. The Labute approximate surface area is 134 Å². The number of ether oxygens (including phenoxy) is 1. The zero-order chi connectivity index (χ0) is 16.9. The number of methoxy groups -OCH3 is 1. The number of nitrogens with zero attached hydrogens (tertiary/aromatic N) is 1. The van der Waals surface area contributed by atoms with Gasteiger partial charge in [0.1, 0.15) is 5.75 Å². The molecule has 0 aliphatic rings. The van der Waals surface area contributed by atoms with E-state index in [2.05, 4.69) is 4.72 Å². The minimum Gasteiger partial charge on any atom is -0.497 e. The summed E-state index contributed by atoms with van der Waals surface area (Å²) in [5.74, 6) is 0.579. The van der Waals surface area contributed by atoms with Crippen molar-refractivity contribution in [2.24, 2.45) is 0 Å². The van der Waals surface area contributed by atoms with Crippen LogP contribution in [0.4, 0.5) is 5.69 Å². The Bertz CT molecular complexity index is 771. The first kappa shape index (κ1) is 16.9. The van der Waals surface area contributed by atoms with Gasteiger partial charge in [0.2, 0.25) is 10.0 Å². The van der Waals surface area contributed by atoms with Gasteiger partial charge in [-0.15, -0.1) is 0 Å². The Morgan fingerprint density at radius 1 is 1.09 bits per heavy atom. The molecule has 0 aliphatic heterocycles. The van der Waals surface area contributed by atoms with Crippen LogP contribution in [0.2, 0.25) is 0 Å². The number of non-ortho nitro benzene ring substituents is 1. The third-order valence-corrected chi connectivity index (χ3v) is 4.70. The Morgan fingerprint density at radius 2 is 1.70 bits per heavy atom. The Hall–Kier alpha value is -2.45. The van der Waals surface area contributed by atoms with E-state index in [1.165, 1.54) is 31.4 Å². The van der Waals surface area contributed by atoms with Crippen LogP contribution in [0.1, 0.15) is 5.56 Å². The molecule has 23 heavy (non-hydrogen) atoms. The van der Waals surface area contributed by atoms with E-state index in [-0.39, 0.29) is 17.1 Å². The third kappa shape index (κ3) is 4.51. The van der Waals surface area contributed by atoms with Crippen LogP contribution in [0, 0.1) is 10.1 Å². The maximum atomic E-state index is 12.1. The normalized spacial score (nSPS) is 11.2. The van der Waals surface area contributed by atoms with Crippen molar-refractivity contribution < 1.29 is 18.1 Å². The van der Waals surface area contributed by atoms with Gasteiger partial charge in [-0.2, -0.15) is 0 Å². The molecule has 0 spiro atoms. The number of sulfonamides is 1. The highest BCUT2D eigenvalue weighted by Gasteiger charge is 2.13. The number of nitro benzene ring substituents is 1. The zero-order valence-electron chi connectivity index (χ0n) is 12.4. The summed E-state index contributed by atoms with van der Waals surface area (Å²) in [5, 5.41) is 10.6. The molecule has 2 rings (SSSR count). The smallest absolute Gasteiger partial charge is 0.269 e. The molecule has 0 aliphatic carbocycles. The maximum absolute atomic E-state index is 12.1. The molecule has 0 unspecified atom stereocenters. The van der Waals surface area contributed by atoms with E-state index in [1.807, 2.05) is 0 Å². The van der Waals surface area contributed by atoms with Crippen molar-refractivity contribution in [1.82, 2.24) is 4.72 Å². The third-order valence-electron chi connectivity index (χ3n) is 3.22. The van der Waals surface area contributed by atoms with Gasteiger partial charge < -0.3 is 4.74 Å². The average molecular weight is 336 g/mol. The highest BCUT2D eigenvalue weighted by Crippen LogP contribution is 2.15. The largest absolute Gasteiger partial charge is 0.497 e. The molecule has 122 valence electrons. The topological polar surface area (TPSA) is 98.5 Å². The molecule has 0 radical (unpaired) electrons. The van der Waals surface area contributed by atoms with E-state index in [4.69, 9.17) is 4.74 Å². The lowest BCUT2D eigenvalue weighted by molar-refractivity contribution is -0.384. The SMILES string of the molecule is COc1ccc(S(=O)(=O)NCCc2ccc([N+](=O)[O-])cc2)cc1. The summed E-state index contributed by atoms with van der Waals surface area (Å²) in [6.45, 7) is 0.201. The summed E-state index contributed by atoms with van der Waals surface area (Å²) < 4.78 is 31.7. The number of nitrogens with one attached hydrogen (secondary N) is 1. The van der Waals surface area contributed by atoms with Gasteiger partial charge in [-0.05, 0) is 36.2 Å². The monoisotopic (exact) mass is 336 g/mol. The van der Waals surface area contributed by atoms with Crippen molar-refractivity contribution in [3.63, 3.8) is 0 Å². The van der Waals surface area contributed by atoms with Crippen LogP contribution in [0.3, 0.4) is 0 Å². The van der Waals surface area contributed by atoms with Gasteiger partial charge >= 0.3 is 0 Å². The van der Waals surface area contributed by atoms with Gasteiger partial charge in [0.05, 0.1) is 16.9 Å². The summed E-state index contributed by atoms with van der Waals surface area (Å²) in [4.78, 5) is 10.2. The van der Waals surface area contributed by atoms with Crippen molar-refractivity contribution in [3.05, 3.63) is 64.2 Å². The second-order valence-electron chi connectivity index (χ2n) is 4.75. The minimum absolute atomic E-state index is 0.00700. The average Bonchev–Trinajstić information content (AvgIpc) is 2.55. The zero-order valence-corrected chi connectivity index (χ0v) is 13.2. The molecule has 0 fully saturated rings. The first-order chi connectivity index (χ1) is 10.9. The van der Waals surface area contributed by atoms with Crippen LogP contribution >= 0.6 is 0 Å². The quantitative estimate of drug-likeness (QED) is 0.617. The lowest BCUT2D eigenvalue weighted by Crippen LogP contribution is -2.25. The highest BCUT2D eigenvalue weighted by molar-refractivity contribution is 7.89. The first-order valence-electron chi connectivity index (χ1n) is 6.79. The molecule has 0 aromatic heterocycles. The van der Waals surface area contributed by atoms with Crippen molar-refractivity contribution in [2.45, 2.75) is 11.3 Å². The molecule has 0 heterocycles. The lowest BCUT2D eigenvalue weighted by atomic mass is 10.1. The van der Waals surface area contributed by atoms with Crippen LogP contribution in [0.5, 0.6) is 5.75 Å². The van der Waals surface area contributed by atoms with Crippen LogP contribution in [-0.4, -0.2) is 27.0 Å². The van der Waals surface area contributed by atoms with Crippen LogP contribution in [0.15, 0.2) is 53.4 Å². The van der Waals surface area contributed by atoms with E-state index >= 15 is 0 Å². The summed E-state index contributed by atoms with van der Waals surface area (Å²) in [7, 11) is -2.08. The van der Waals surface area contributed by atoms with Gasteiger partial charge in [-0.3, -0.25) is 10.1 Å². The molecule has 0 atom stereocenters. The predicted molar refractivity (Wildman–Crippen MR) is 85.0 cm³/mol. The fourth-order valence-corrected chi connectivity index (χ4v) is 2.98. The van der Waals surface area contributed by atoms with E-state index in [0.717, 1.165) is 5.56 Å². The molecule has 7 nitrogen and oxygen atoms in total. The van der Waals surface area contributed by atoms with E-state index in [0.29, 0.717) is 12.2 Å². The van der Waals surface area contributed by atoms with Crippen molar-refractivity contribution >= 4 is 15.7 Å². The molecule has 0 bridgehead atoms. The van der Waals surface area contributed by atoms with E-state index < -0.39 is 14.9 Å². The van der Waals surface area contributed by atoms with Gasteiger partial charge in [-0.25, -0.2) is 13.1 Å². The summed E-state index contributed by atoms with van der Waals surface area (Å²) in [5.41, 5.74) is 0.820. The van der Waals surface area contributed by atoms with Crippen LogP contribution < -0.4 is 9.46 Å². The first-order valence-corrected chi connectivity index (χ1v) is 8.28. The molecule has 0 saturated heterocycles. The summed E-state index contributed by atoms with van der Waals surface area (Å²) >= 11 is 0. The molecule has 8 heteroatoms. The summed E-state index contributed by atoms with van der Waals surface area (Å²) in [6, 6.07) is 12.1. The van der Waals surface area contributed by atoms with Crippen molar-refractivity contribution in [1.29, 1.82) is 0 Å². The van der Waals surface area contributed by atoms with E-state index in [9.17, 15) is 18.5 Å². The number of rotatable bonds is 7. The number of hydrogen-bond acceptors (Lipinski definition) is 5. The van der Waals surface area contributed by atoms with Gasteiger partial charge in [0, 0.05) is 18.7 Å². The second-order valence-corrected chi connectivity index (χ2v) is 6.51. The number of benzene rings is 2. The van der Waals surface area contributed by atoms with Gasteiger partial charge in [-0.1, -0.05) is 12.1 Å². The molecule has 0 saturated carbocycles. The fraction of sp³-hybridized carbons (Fsp3) is 0.200. The Morgan fingerprint density at radius 3 is 2.22 bits per heavy atom. The maximum Gasteiger partial charge on any atom is 0.269 e. The van der Waals surface area contributed by atoms with Crippen molar-refractivity contribution in [3.8, 4) is 5.75 Å². The molecular formula is C15H16N2O5S. The Balaban J connectivity index is 1.95. The van der Waals surface area contributed by atoms with Crippen molar-refractivity contribution in [2.75, 3.05) is 13.7 Å². The second kappa shape index (κ2) is 7.21.